The number of alkyl halides is 1. The molecule has 9 heavy (non-hydrogen) atoms. The van der Waals surface area contributed by atoms with Gasteiger partial charge in [0, 0.05) is 5.25 Å². The Balaban J connectivity index is 2.32. The summed E-state index contributed by atoms with van der Waals surface area (Å²) in [5, 5.41) is -0.0394. The van der Waals surface area contributed by atoms with Crippen molar-refractivity contribution in [2.24, 2.45) is 0 Å². The van der Waals surface area contributed by atoms with Crippen LogP contribution < -0.4 is 0 Å². The molecule has 1 nitrogen and oxygen atoms in total. The molecule has 1 fully saturated rings. The number of carbonyl (C=O) groups is 1. The van der Waals surface area contributed by atoms with Gasteiger partial charge in [-0.3, -0.25) is 0 Å². The molecule has 1 aliphatic rings. The van der Waals surface area contributed by atoms with Crippen LogP contribution in [0.3, 0.4) is 0 Å². The van der Waals surface area contributed by atoms with E-state index in [-0.39, 0.29) is 5.25 Å². The number of aldehydes is 1. The van der Waals surface area contributed by atoms with Gasteiger partial charge < -0.3 is 4.79 Å². The topological polar surface area (TPSA) is 17.1 Å². The number of carbonyl (C=O) groups excluding carboxylic acids is 1. The summed E-state index contributed by atoms with van der Waals surface area (Å²) in [7, 11) is 0. The first-order valence-electron chi connectivity index (χ1n) is 3.05. The van der Waals surface area contributed by atoms with Gasteiger partial charge in [0.1, 0.15) is 0 Å². The zero-order valence-electron chi connectivity index (χ0n) is 5.05. The fourth-order valence-corrected chi connectivity index (χ4v) is 2.16. The van der Waals surface area contributed by atoms with Gasteiger partial charge in [0.15, 0.2) is 12.5 Å². The lowest BCUT2D eigenvalue weighted by Crippen LogP contribution is -2.16. The predicted molar refractivity (Wildman–Crippen MR) is 36.4 cm³/mol. The highest BCUT2D eigenvalue weighted by molar-refractivity contribution is 8.00. The molecule has 0 saturated carbocycles. The molecule has 2 atom stereocenters. The zero-order chi connectivity index (χ0) is 6.69. The van der Waals surface area contributed by atoms with Gasteiger partial charge in [-0.15, -0.1) is 0 Å². The molecule has 0 amide bonds. The summed E-state index contributed by atoms with van der Waals surface area (Å²) in [6.07, 6.45) is 1.11. The molecule has 1 heterocycles. The Labute approximate surface area is 58.0 Å². The normalized spacial score (nSPS) is 30.1. The molecule has 2 unspecified atom stereocenters. The Kier molecular flexibility index (Phi) is 2.51. The van der Waals surface area contributed by atoms with Gasteiger partial charge in [-0.1, -0.05) is 0 Å². The molecule has 3 heteroatoms. The third-order valence-electron chi connectivity index (χ3n) is 1.45. The van der Waals surface area contributed by atoms with Crippen molar-refractivity contribution >= 4 is 18.0 Å². The van der Waals surface area contributed by atoms with Crippen molar-refractivity contribution in [2.45, 2.75) is 24.3 Å². The highest BCUT2D eigenvalue weighted by atomic mass is 32.2. The molecule has 1 saturated heterocycles. The third-order valence-corrected chi connectivity index (χ3v) is 2.90. The van der Waals surface area contributed by atoms with Crippen molar-refractivity contribution in [2.75, 3.05) is 5.75 Å². The van der Waals surface area contributed by atoms with Crippen LogP contribution in [-0.4, -0.2) is 23.5 Å². The average molecular weight is 148 g/mol. The summed E-state index contributed by atoms with van der Waals surface area (Å²) in [5.41, 5.74) is 0. The lowest BCUT2D eigenvalue weighted by molar-refractivity contribution is -0.111. The minimum Gasteiger partial charge on any atom is -0.300 e. The maximum Gasteiger partial charge on any atom is 0.167 e. The molecule has 0 N–H and O–H groups in total. The van der Waals surface area contributed by atoms with E-state index in [1.807, 2.05) is 0 Å². The van der Waals surface area contributed by atoms with Gasteiger partial charge in [0.25, 0.3) is 0 Å². The fraction of sp³-hybridized carbons (Fsp3) is 0.833. The summed E-state index contributed by atoms with van der Waals surface area (Å²) >= 11 is 1.57. The highest BCUT2D eigenvalue weighted by Gasteiger charge is 2.24. The van der Waals surface area contributed by atoms with E-state index in [4.69, 9.17) is 0 Å². The minimum absolute atomic E-state index is 0.0394. The predicted octanol–water partition coefficient (Wildman–Crippen LogP) is 1.42. The smallest absolute Gasteiger partial charge is 0.167 e. The van der Waals surface area contributed by atoms with E-state index in [0.717, 1.165) is 18.6 Å². The number of thioether (sulfide) groups is 1. The second-order valence-electron chi connectivity index (χ2n) is 2.13. The van der Waals surface area contributed by atoms with E-state index in [2.05, 4.69) is 0 Å². The van der Waals surface area contributed by atoms with Gasteiger partial charge in [-0.05, 0) is 18.6 Å². The van der Waals surface area contributed by atoms with Gasteiger partial charge in [-0.25, -0.2) is 4.39 Å². The van der Waals surface area contributed by atoms with Gasteiger partial charge in [0.05, 0.1) is 0 Å². The van der Waals surface area contributed by atoms with Crippen molar-refractivity contribution in [3.8, 4) is 0 Å². The summed E-state index contributed by atoms with van der Waals surface area (Å²) < 4.78 is 12.4. The van der Waals surface area contributed by atoms with Gasteiger partial charge in [0.2, 0.25) is 0 Å². The van der Waals surface area contributed by atoms with Crippen LogP contribution >= 0.6 is 11.8 Å². The molecule has 0 spiro atoms. The molecule has 0 aromatic rings. The second-order valence-corrected chi connectivity index (χ2v) is 3.48. The second kappa shape index (κ2) is 3.20. The van der Waals surface area contributed by atoms with Crippen molar-refractivity contribution in [3.05, 3.63) is 0 Å². The van der Waals surface area contributed by atoms with Crippen LogP contribution in [0.5, 0.6) is 0 Å². The average Bonchev–Trinajstić information content (AvgIpc) is 2.37. The van der Waals surface area contributed by atoms with E-state index >= 15 is 0 Å². The molecule has 1 rings (SSSR count). The standard InChI is InChI=1S/C6H9FOS/c7-5(4-8)6-2-1-3-9-6/h4-6H,1-3H2. The van der Waals surface area contributed by atoms with E-state index in [1.165, 1.54) is 0 Å². The van der Waals surface area contributed by atoms with Crippen molar-refractivity contribution in [3.63, 3.8) is 0 Å². The molecule has 0 bridgehead atoms. The number of hydrogen-bond donors (Lipinski definition) is 0. The molecule has 1 aliphatic heterocycles. The summed E-state index contributed by atoms with van der Waals surface area (Å²) in [4.78, 5) is 9.90. The van der Waals surface area contributed by atoms with Crippen LogP contribution in [0.25, 0.3) is 0 Å². The lowest BCUT2D eigenvalue weighted by atomic mass is 10.2. The SMILES string of the molecule is O=CC(F)C1CCCS1. The van der Waals surface area contributed by atoms with Crippen LogP contribution in [-0.2, 0) is 4.79 Å². The molecule has 0 aromatic heterocycles. The molecular weight excluding hydrogens is 139 g/mol. The first kappa shape index (κ1) is 7.06. The maximum atomic E-state index is 12.4. The maximum absolute atomic E-state index is 12.4. The van der Waals surface area contributed by atoms with Crippen LogP contribution in [0, 0.1) is 0 Å². The largest absolute Gasteiger partial charge is 0.300 e. The lowest BCUT2D eigenvalue weighted by Gasteiger charge is -2.05. The molecule has 52 valence electrons. The van der Waals surface area contributed by atoms with Crippen LogP contribution in [0.15, 0.2) is 0 Å². The summed E-state index contributed by atoms with van der Waals surface area (Å²) in [5.74, 6) is 1.01. The van der Waals surface area contributed by atoms with Crippen molar-refractivity contribution in [1.29, 1.82) is 0 Å². The Morgan fingerprint density at radius 2 is 2.56 bits per heavy atom. The Bertz CT molecular complexity index is 101. The van der Waals surface area contributed by atoms with Gasteiger partial charge in [-0.2, -0.15) is 11.8 Å². The molecule has 0 aliphatic carbocycles. The number of rotatable bonds is 2. The summed E-state index contributed by atoms with van der Waals surface area (Å²) in [6, 6.07) is 0. The highest BCUT2D eigenvalue weighted by Crippen LogP contribution is 2.29. The molecule has 0 radical (unpaired) electrons. The van der Waals surface area contributed by atoms with E-state index in [0.29, 0.717) is 6.29 Å². The van der Waals surface area contributed by atoms with Crippen molar-refractivity contribution < 1.29 is 9.18 Å². The Morgan fingerprint density at radius 1 is 1.78 bits per heavy atom. The number of hydrogen-bond acceptors (Lipinski definition) is 2. The first-order valence-corrected chi connectivity index (χ1v) is 4.10. The van der Waals surface area contributed by atoms with E-state index in [9.17, 15) is 9.18 Å². The van der Waals surface area contributed by atoms with Crippen LogP contribution in [0.1, 0.15) is 12.8 Å². The monoisotopic (exact) mass is 148 g/mol. The zero-order valence-corrected chi connectivity index (χ0v) is 5.86. The first-order chi connectivity index (χ1) is 4.34. The fourth-order valence-electron chi connectivity index (χ4n) is 0.941. The van der Waals surface area contributed by atoms with Crippen LogP contribution in [0.4, 0.5) is 4.39 Å². The molecular formula is C6H9FOS. The minimum atomic E-state index is -1.22. The van der Waals surface area contributed by atoms with E-state index < -0.39 is 6.17 Å². The number of halogens is 1. The summed E-state index contributed by atoms with van der Waals surface area (Å²) in [6.45, 7) is 0. The molecule has 0 aromatic carbocycles. The van der Waals surface area contributed by atoms with Crippen molar-refractivity contribution in [1.82, 2.24) is 0 Å². The third kappa shape index (κ3) is 1.68. The van der Waals surface area contributed by atoms with E-state index in [1.54, 1.807) is 11.8 Å². The Morgan fingerprint density at radius 3 is 3.00 bits per heavy atom. The van der Waals surface area contributed by atoms with Crippen LogP contribution in [0.2, 0.25) is 0 Å². The van der Waals surface area contributed by atoms with Gasteiger partial charge >= 0.3 is 0 Å². The quantitative estimate of drug-likeness (QED) is 0.551. The Hall–Kier alpha value is -0.0500.